The molecular weight excluding hydrogens is 247 g/mol. The van der Waals surface area contributed by atoms with Gasteiger partial charge in [0.25, 0.3) is 0 Å². The molecule has 0 spiro atoms. The number of halogens is 4. The summed E-state index contributed by atoms with van der Waals surface area (Å²) in [5.74, 6) is 0. The summed E-state index contributed by atoms with van der Waals surface area (Å²) in [6.45, 7) is 1.95. The molecule has 13 heavy (non-hydrogen) atoms. The number of rotatable bonds is 6. The Kier molecular flexibility index (Phi) is 6.77. The fraction of sp³-hybridized carbons (Fsp3) is 1.00. The molecule has 0 aromatic carbocycles. The van der Waals surface area contributed by atoms with Gasteiger partial charge < -0.3 is 0 Å². The van der Waals surface area contributed by atoms with E-state index in [0.29, 0.717) is 13.1 Å². The van der Waals surface area contributed by atoms with E-state index < -0.39 is 12.7 Å². The quantitative estimate of drug-likeness (QED) is 0.525. The molecule has 0 fully saturated rings. The fourth-order valence-corrected chi connectivity index (χ4v) is 1.43. The second-order valence-electron chi connectivity index (χ2n) is 2.88. The lowest BCUT2D eigenvalue weighted by Crippen LogP contribution is -2.34. The molecule has 0 N–H and O–H groups in total. The van der Waals surface area contributed by atoms with Crippen LogP contribution >= 0.6 is 15.9 Å². The summed E-state index contributed by atoms with van der Waals surface area (Å²) in [6.07, 6.45) is -2.33. The van der Waals surface area contributed by atoms with Crippen LogP contribution in [0.2, 0.25) is 0 Å². The molecular formula is C8H15BrF3N. The van der Waals surface area contributed by atoms with Crippen molar-refractivity contribution in [2.45, 2.75) is 25.9 Å². The smallest absolute Gasteiger partial charge is 0.295 e. The van der Waals surface area contributed by atoms with Crippen molar-refractivity contribution in [2.75, 3.05) is 25.0 Å². The molecule has 0 aromatic rings. The van der Waals surface area contributed by atoms with Crippen molar-refractivity contribution in [3.63, 3.8) is 0 Å². The summed E-state index contributed by atoms with van der Waals surface area (Å²) < 4.78 is 35.9. The number of hydrogen-bond acceptors (Lipinski definition) is 1. The van der Waals surface area contributed by atoms with E-state index in [-0.39, 0.29) is 0 Å². The van der Waals surface area contributed by atoms with Gasteiger partial charge >= 0.3 is 6.18 Å². The van der Waals surface area contributed by atoms with Crippen LogP contribution in [0.1, 0.15) is 19.8 Å². The summed E-state index contributed by atoms with van der Waals surface area (Å²) in [6, 6.07) is 0. The van der Waals surface area contributed by atoms with Crippen molar-refractivity contribution in [1.82, 2.24) is 4.90 Å². The lowest BCUT2D eigenvalue weighted by Gasteiger charge is -2.21. The van der Waals surface area contributed by atoms with Crippen LogP contribution in [0.5, 0.6) is 0 Å². The molecule has 0 aromatic heterocycles. The van der Waals surface area contributed by atoms with E-state index in [1.165, 1.54) is 4.90 Å². The molecule has 0 saturated heterocycles. The molecule has 1 nitrogen and oxygen atoms in total. The molecule has 0 rings (SSSR count). The molecule has 0 radical (unpaired) electrons. The number of hydrogen-bond donors (Lipinski definition) is 0. The summed E-state index contributed by atoms with van der Waals surface area (Å²) >= 11 is 3.24. The van der Waals surface area contributed by atoms with Gasteiger partial charge in [-0.25, -0.2) is 0 Å². The molecule has 0 heterocycles. The third-order valence-corrected chi connectivity index (χ3v) is 2.27. The zero-order valence-corrected chi connectivity index (χ0v) is 9.29. The maximum atomic E-state index is 12.0. The largest absolute Gasteiger partial charge is 0.401 e. The Bertz CT molecular complexity index is 127. The minimum Gasteiger partial charge on any atom is -0.295 e. The van der Waals surface area contributed by atoms with Gasteiger partial charge in [0.1, 0.15) is 0 Å². The molecule has 0 aliphatic rings. The van der Waals surface area contributed by atoms with Gasteiger partial charge in [0.05, 0.1) is 6.54 Å². The van der Waals surface area contributed by atoms with Crippen LogP contribution in [-0.4, -0.2) is 36.0 Å². The second-order valence-corrected chi connectivity index (χ2v) is 3.67. The van der Waals surface area contributed by atoms with Crippen LogP contribution in [0.25, 0.3) is 0 Å². The number of unbranched alkanes of at least 4 members (excludes halogenated alkanes) is 1. The third kappa shape index (κ3) is 8.56. The van der Waals surface area contributed by atoms with Gasteiger partial charge in [-0.05, 0) is 25.9 Å². The Hall–Kier alpha value is 0.230. The normalized spacial score (nSPS) is 12.5. The Morgan fingerprint density at radius 2 is 1.85 bits per heavy atom. The van der Waals surface area contributed by atoms with Crippen molar-refractivity contribution in [3.05, 3.63) is 0 Å². The highest BCUT2D eigenvalue weighted by Gasteiger charge is 2.29. The van der Waals surface area contributed by atoms with E-state index >= 15 is 0 Å². The standard InChI is InChI=1S/C8H15BrF3N/c1-2-13(6-4-3-5-9)7-8(10,11)12/h2-7H2,1H3. The van der Waals surface area contributed by atoms with E-state index in [0.717, 1.165) is 18.2 Å². The Morgan fingerprint density at radius 1 is 1.23 bits per heavy atom. The van der Waals surface area contributed by atoms with Crippen molar-refractivity contribution in [2.24, 2.45) is 0 Å². The first-order valence-electron chi connectivity index (χ1n) is 4.34. The Labute approximate surface area is 85.4 Å². The summed E-state index contributed by atoms with van der Waals surface area (Å²) in [4.78, 5) is 1.42. The van der Waals surface area contributed by atoms with Crippen LogP contribution in [0, 0.1) is 0 Å². The summed E-state index contributed by atoms with van der Waals surface area (Å²) in [5, 5.41) is 0.858. The molecule has 5 heteroatoms. The second kappa shape index (κ2) is 6.65. The van der Waals surface area contributed by atoms with Crippen LogP contribution in [0.3, 0.4) is 0 Å². The van der Waals surface area contributed by atoms with Gasteiger partial charge in [0.15, 0.2) is 0 Å². The van der Waals surface area contributed by atoms with E-state index in [1.54, 1.807) is 6.92 Å². The SMILES string of the molecule is CCN(CCCCBr)CC(F)(F)F. The average molecular weight is 262 g/mol. The van der Waals surface area contributed by atoms with Crippen LogP contribution in [-0.2, 0) is 0 Å². The molecule has 0 unspecified atom stereocenters. The van der Waals surface area contributed by atoms with E-state index in [2.05, 4.69) is 15.9 Å². The summed E-state index contributed by atoms with van der Waals surface area (Å²) in [7, 11) is 0. The molecule has 0 aliphatic carbocycles. The van der Waals surface area contributed by atoms with Crippen molar-refractivity contribution >= 4 is 15.9 Å². The number of alkyl halides is 4. The van der Waals surface area contributed by atoms with Gasteiger partial charge in [-0.15, -0.1) is 0 Å². The van der Waals surface area contributed by atoms with E-state index in [4.69, 9.17) is 0 Å². The molecule has 80 valence electrons. The van der Waals surface area contributed by atoms with E-state index in [9.17, 15) is 13.2 Å². The molecule has 0 aliphatic heterocycles. The number of nitrogens with zero attached hydrogens (tertiary/aromatic N) is 1. The summed E-state index contributed by atoms with van der Waals surface area (Å²) in [5.41, 5.74) is 0. The van der Waals surface area contributed by atoms with Gasteiger partial charge in [-0.1, -0.05) is 22.9 Å². The first-order valence-corrected chi connectivity index (χ1v) is 5.47. The topological polar surface area (TPSA) is 3.24 Å². The molecule has 0 bridgehead atoms. The highest BCUT2D eigenvalue weighted by atomic mass is 79.9. The zero-order valence-electron chi connectivity index (χ0n) is 7.70. The lowest BCUT2D eigenvalue weighted by molar-refractivity contribution is -0.145. The minimum atomic E-state index is -4.07. The highest BCUT2D eigenvalue weighted by molar-refractivity contribution is 9.09. The first-order chi connectivity index (χ1) is 5.99. The van der Waals surface area contributed by atoms with Crippen molar-refractivity contribution < 1.29 is 13.2 Å². The Morgan fingerprint density at radius 3 is 2.23 bits per heavy atom. The first kappa shape index (κ1) is 13.2. The molecule has 0 atom stereocenters. The predicted molar refractivity (Wildman–Crippen MR) is 51.2 cm³/mol. The van der Waals surface area contributed by atoms with Gasteiger partial charge in [-0.3, -0.25) is 4.90 Å². The highest BCUT2D eigenvalue weighted by Crippen LogP contribution is 2.16. The van der Waals surface area contributed by atoms with Gasteiger partial charge in [0, 0.05) is 5.33 Å². The zero-order chi connectivity index (χ0) is 10.3. The molecule has 0 saturated carbocycles. The Balaban J connectivity index is 3.63. The van der Waals surface area contributed by atoms with Gasteiger partial charge in [-0.2, -0.15) is 13.2 Å². The van der Waals surface area contributed by atoms with Crippen molar-refractivity contribution in [3.8, 4) is 0 Å². The predicted octanol–water partition coefficient (Wildman–Crippen LogP) is 3.05. The maximum absolute atomic E-state index is 12.0. The monoisotopic (exact) mass is 261 g/mol. The van der Waals surface area contributed by atoms with Gasteiger partial charge in [0.2, 0.25) is 0 Å². The van der Waals surface area contributed by atoms with Crippen LogP contribution in [0.15, 0.2) is 0 Å². The van der Waals surface area contributed by atoms with E-state index in [1.807, 2.05) is 0 Å². The average Bonchev–Trinajstić information content (AvgIpc) is 2.01. The van der Waals surface area contributed by atoms with Crippen LogP contribution < -0.4 is 0 Å². The van der Waals surface area contributed by atoms with Crippen LogP contribution in [0.4, 0.5) is 13.2 Å². The maximum Gasteiger partial charge on any atom is 0.401 e. The molecule has 0 amide bonds. The van der Waals surface area contributed by atoms with Crippen molar-refractivity contribution in [1.29, 1.82) is 0 Å². The lowest BCUT2D eigenvalue weighted by atomic mass is 10.3. The fourth-order valence-electron chi connectivity index (χ4n) is 1.03. The minimum absolute atomic E-state index is 0.460. The third-order valence-electron chi connectivity index (χ3n) is 1.71.